The van der Waals surface area contributed by atoms with Gasteiger partial charge in [0.05, 0.1) is 5.52 Å². The number of nitrogens with zero attached hydrogens (tertiary/aromatic N) is 1. The Labute approximate surface area is 143 Å². The topological polar surface area (TPSA) is 77.1 Å². The largest absolute Gasteiger partial charge is 0.399 e. The van der Waals surface area contributed by atoms with Crippen LogP contribution < -0.4 is 16.6 Å². The standard InChI is InChI=1S/C13H16N2O.C6H13NO/c1-8(2)15-12-5-4-11(14)7-10(12)6-9(3)13(15)16;1-3-4-5-6(8)7-2/h4-8H,14H2,1-3H3;3-5H2,1-2H3,(H,7,8). The van der Waals surface area contributed by atoms with E-state index in [-0.39, 0.29) is 17.5 Å². The number of carbonyl (C=O) groups is 1. The van der Waals surface area contributed by atoms with Crippen molar-refractivity contribution < 1.29 is 4.79 Å². The van der Waals surface area contributed by atoms with Gasteiger partial charge in [0.2, 0.25) is 5.91 Å². The molecule has 0 saturated carbocycles. The van der Waals surface area contributed by atoms with Crippen molar-refractivity contribution in [2.24, 2.45) is 0 Å². The van der Waals surface area contributed by atoms with Crippen molar-refractivity contribution in [1.29, 1.82) is 0 Å². The van der Waals surface area contributed by atoms with E-state index in [1.165, 1.54) is 0 Å². The first-order valence-electron chi connectivity index (χ1n) is 8.43. The molecule has 5 heteroatoms. The number of fused-ring (bicyclic) bond motifs is 1. The summed E-state index contributed by atoms with van der Waals surface area (Å²) in [5, 5.41) is 3.58. The van der Waals surface area contributed by atoms with E-state index >= 15 is 0 Å². The third-order valence-electron chi connectivity index (χ3n) is 3.79. The molecule has 1 aromatic carbocycles. The van der Waals surface area contributed by atoms with Crippen LogP contribution in [0.3, 0.4) is 0 Å². The van der Waals surface area contributed by atoms with Gasteiger partial charge in [-0.15, -0.1) is 0 Å². The van der Waals surface area contributed by atoms with Gasteiger partial charge in [0.15, 0.2) is 0 Å². The van der Waals surface area contributed by atoms with E-state index in [2.05, 4.69) is 12.2 Å². The molecule has 5 nitrogen and oxygen atoms in total. The number of pyridine rings is 1. The summed E-state index contributed by atoms with van der Waals surface area (Å²) >= 11 is 0. The summed E-state index contributed by atoms with van der Waals surface area (Å²) in [7, 11) is 1.66. The molecule has 1 heterocycles. The number of aromatic nitrogens is 1. The van der Waals surface area contributed by atoms with Crippen molar-refractivity contribution in [2.75, 3.05) is 12.8 Å². The maximum atomic E-state index is 12.0. The van der Waals surface area contributed by atoms with Crippen LogP contribution in [0.2, 0.25) is 0 Å². The number of benzene rings is 1. The lowest BCUT2D eigenvalue weighted by Gasteiger charge is -2.15. The summed E-state index contributed by atoms with van der Waals surface area (Å²) in [6, 6.07) is 7.69. The summed E-state index contributed by atoms with van der Waals surface area (Å²) < 4.78 is 1.81. The average molecular weight is 331 g/mol. The van der Waals surface area contributed by atoms with Gasteiger partial charge >= 0.3 is 0 Å². The molecule has 2 rings (SSSR count). The smallest absolute Gasteiger partial charge is 0.254 e. The Morgan fingerprint density at radius 3 is 2.50 bits per heavy atom. The second-order valence-corrected chi connectivity index (χ2v) is 6.19. The van der Waals surface area contributed by atoms with Gasteiger partial charge in [-0.05, 0) is 51.5 Å². The molecule has 0 saturated heterocycles. The maximum absolute atomic E-state index is 12.0. The molecule has 0 spiro atoms. The highest BCUT2D eigenvalue weighted by atomic mass is 16.1. The van der Waals surface area contributed by atoms with Crippen molar-refractivity contribution in [2.45, 2.75) is 53.0 Å². The normalized spacial score (nSPS) is 10.4. The van der Waals surface area contributed by atoms with Gasteiger partial charge < -0.3 is 15.6 Å². The van der Waals surface area contributed by atoms with E-state index < -0.39 is 0 Å². The fourth-order valence-corrected chi connectivity index (χ4v) is 2.48. The first kappa shape index (κ1) is 19.7. The van der Waals surface area contributed by atoms with Crippen molar-refractivity contribution in [1.82, 2.24) is 9.88 Å². The van der Waals surface area contributed by atoms with Crippen molar-refractivity contribution in [3.63, 3.8) is 0 Å². The maximum Gasteiger partial charge on any atom is 0.254 e. The zero-order valence-corrected chi connectivity index (χ0v) is 15.3. The van der Waals surface area contributed by atoms with Gasteiger partial charge in [0, 0.05) is 36.1 Å². The van der Waals surface area contributed by atoms with Crippen LogP contribution in [0.4, 0.5) is 5.69 Å². The predicted octanol–water partition coefficient (Wildman–Crippen LogP) is 3.40. The highest BCUT2D eigenvalue weighted by molar-refractivity contribution is 5.83. The fraction of sp³-hybridized carbons (Fsp3) is 0.474. The molecule has 0 fully saturated rings. The third-order valence-corrected chi connectivity index (χ3v) is 3.79. The Bertz CT molecular complexity index is 748. The second-order valence-electron chi connectivity index (χ2n) is 6.19. The number of anilines is 1. The number of aryl methyl sites for hydroxylation is 1. The number of rotatable bonds is 4. The summed E-state index contributed by atoms with van der Waals surface area (Å²) in [5.74, 6) is 0.145. The number of nitrogen functional groups attached to an aromatic ring is 1. The minimum atomic E-state index is 0.0762. The third kappa shape index (κ3) is 5.11. The number of amides is 1. The summed E-state index contributed by atoms with van der Waals surface area (Å²) in [5.41, 5.74) is 8.25. The number of unbranched alkanes of at least 4 members (excludes halogenated alkanes) is 1. The van der Waals surface area contributed by atoms with Crippen LogP contribution >= 0.6 is 0 Å². The summed E-state index contributed by atoms with van der Waals surface area (Å²) in [6.45, 7) is 7.93. The zero-order chi connectivity index (χ0) is 18.3. The molecule has 24 heavy (non-hydrogen) atoms. The summed E-state index contributed by atoms with van der Waals surface area (Å²) in [4.78, 5) is 22.5. The molecule has 0 atom stereocenters. The Kier molecular flexibility index (Phi) is 7.49. The molecule has 0 aliphatic carbocycles. The molecule has 0 aliphatic rings. The number of nitrogens with one attached hydrogen (secondary N) is 1. The molecular formula is C19H29N3O2. The molecule has 132 valence electrons. The van der Waals surface area contributed by atoms with Crippen LogP contribution in [-0.4, -0.2) is 17.5 Å². The van der Waals surface area contributed by atoms with Gasteiger partial charge in [0.25, 0.3) is 5.56 Å². The van der Waals surface area contributed by atoms with Gasteiger partial charge in [-0.3, -0.25) is 9.59 Å². The molecular weight excluding hydrogens is 302 g/mol. The minimum Gasteiger partial charge on any atom is -0.399 e. The van der Waals surface area contributed by atoms with Crippen LogP contribution in [-0.2, 0) is 4.79 Å². The van der Waals surface area contributed by atoms with Crippen LogP contribution in [0.25, 0.3) is 10.9 Å². The lowest BCUT2D eigenvalue weighted by molar-refractivity contribution is -0.120. The molecule has 0 bridgehead atoms. The molecule has 1 amide bonds. The Morgan fingerprint density at radius 2 is 1.96 bits per heavy atom. The van der Waals surface area contributed by atoms with E-state index in [1.54, 1.807) is 7.05 Å². The molecule has 1 aromatic heterocycles. The van der Waals surface area contributed by atoms with E-state index in [0.717, 1.165) is 35.0 Å². The van der Waals surface area contributed by atoms with E-state index in [9.17, 15) is 9.59 Å². The number of carbonyl (C=O) groups excluding carboxylic acids is 1. The quantitative estimate of drug-likeness (QED) is 0.843. The molecule has 3 N–H and O–H groups in total. The molecule has 0 radical (unpaired) electrons. The Morgan fingerprint density at radius 1 is 1.29 bits per heavy atom. The lowest BCUT2D eigenvalue weighted by atomic mass is 10.1. The monoisotopic (exact) mass is 331 g/mol. The molecule has 0 unspecified atom stereocenters. The lowest BCUT2D eigenvalue weighted by Crippen LogP contribution is -2.24. The second kappa shape index (κ2) is 9.11. The molecule has 0 aliphatic heterocycles. The Balaban J connectivity index is 0.000000307. The van der Waals surface area contributed by atoms with Crippen molar-refractivity contribution in [3.05, 3.63) is 40.2 Å². The summed E-state index contributed by atoms with van der Waals surface area (Å²) in [6.07, 6.45) is 2.76. The van der Waals surface area contributed by atoms with Crippen LogP contribution in [0.5, 0.6) is 0 Å². The van der Waals surface area contributed by atoms with Crippen LogP contribution in [0, 0.1) is 6.92 Å². The van der Waals surface area contributed by atoms with Crippen molar-refractivity contribution >= 4 is 22.5 Å². The van der Waals surface area contributed by atoms with Gasteiger partial charge in [0.1, 0.15) is 0 Å². The SMILES string of the molecule is CCCCC(=O)NC.Cc1cc2cc(N)ccc2n(C(C)C)c1=O. The predicted molar refractivity (Wildman–Crippen MR) is 101 cm³/mol. The van der Waals surface area contributed by atoms with Crippen molar-refractivity contribution in [3.8, 4) is 0 Å². The highest BCUT2D eigenvalue weighted by Gasteiger charge is 2.09. The van der Waals surface area contributed by atoms with Gasteiger partial charge in [-0.25, -0.2) is 0 Å². The van der Waals surface area contributed by atoms with Gasteiger partial charge in [-0.2, -0.15) is 0 Å². The number of nitrogens with two attached hydrogens (primary N) is 1. The highest BCUT2D eigenvalue weighted by Crippen LogP contribution is 2.19. The first-order chi connectivity index (χ1) is 11.3. The van der Waals surface area contributed by atoms with Crippen LogP contribution in [0.1, 0.15) is 51.6 Å². The van der Waals surface area contributed by atoms with E-state index in [0.29, 0.717) is 6.42 Å². The number of hydrogen-bond donors (Lipinski definition) is 2. The van der Waals surface area contributed by atoms with E-state index in [4.69, 9.17) is 5.73 Å². The van der Waals surface area contributed by atoms with E-state index in [1.807, 2.05) is 49.6 Å². The number of hydrogen-bond acceptors (Lipinski definition) is 3. The molecule has 2 aromatic rings. The zero-order valence-electron chi connectivity index (χ0n) is 15.3. The fourth-order valence-electron chi connectivity index (χ4n) is 2.48. The average Bonchev–Trinajstić information content (AvgIpc) is 2.54. The van der Waals surface area contributed by atoms with Gasteiger partial charge in [-0.1, -0.05) is 13.3 Å². The Hall–Kier alpha value is -2.30. The minimum absolute atomic E-state index is 0.0762. The van der Waals surface area contributed by atoms with Crippen LogP contribution in [0.15, 0.2) is 29.1 Å². The first-order valence-corrected chi connectivity index (χ1v) is 8.43.